The van der Waals surface area contributed by atoms with Gasteiger partial charge in [0.1, 0.15) is 0 Å². The average molecular weight is 574 g/mol. The number of aryl methyl sites for hydroxylation is 2. The van der Waals surface area contributed by atoms with E-state index in [0.29, 0.717) is 0 Å². The van der Waals surface area contributed by atoms with Crippen LogP contribution in [0.3, 0.4) is 0 Å². The van der Waals surface area contributed by atoms with Crippen molar-refractivity contribution in [1.82, 2.24) is 0 Å². The molecule has 218 valence electrons. The molecule has 0 aliphatic carbocycles. The Morgan fingerprint density at radius 2 is 1.00 bits per heavy atom. The van der Waals surface area contributed by atoms with Crippen LogP contribution < -0.4 is 0 Å². The number of nitrogens with zero attached hydrogens (tertiary/aromatic N) is 2. The molecule has 3 heteroatoms. The zero-order valence-electron chi connectivity index (χ0n) is 25.5. The van der Waals surface area contributed by atoms with Gasteiger partial charge < -0.3 is 5.53 Å². The molecule has 0 radical (unpaired) electrons. The second-order valence-electron chi connectivity index (χ2n) is 10.9. The molecule has 39 heavy (non-hydrogen) atoms. The fraction of sp³-hybridized carbons (Fsp3) is 0.556. The predicted molar refractivity (Wildman–Crippen MR) is 168 cm³/mol. The molecular formula is C36H54N2Ni. The first-order valence-electron chi connectivity index (χ1n) is 15.4. The Kier molecular flexibility index (Phi) is 17.0. The van der Waals surface area contributed by atoms with Gasteiger partial charge in [0, 0.05) is 22.8 Å². The van der Waals surface area contributed by atoms with Gasteiger partial charge in [0.15, 0.2) is 0 Å². The van der Waals surface area contributed by atoms with Crippen LogP contribution >= 0.6 is 0 Å². The van der Waals surface area contributed by atoms with Gasteiger partial charge in [0.05, 0.1) is 0 Å². The quantitative estimate of drug-likeness (QED) is 0.102. The molecule has 1 heterocycles. The van der Waals surface area contributed by atoms with E-state index in [1.54, 1.807) is 14.4 Å². The van der Waals surface area contributed by atoms with Gasteiger partial charge in [-0.2, -0.15) is 0 Å². The Morgan fingerprint density at radius 1 is 0.564 bits per heavy atom. The van der Waals surface area contributed by atoms with Crippen LogP contribution in [0, 0.1) is 0 Å². The molecule has 1 aliphatic heterocycles. The van der Waals surface area contributed by atoms with Crippen LogP contribution in [0.2, 0.25) is 11.8 Å². The third kappa shape index (κ3) is 11.6. The van der Waals surface area contributed by atoms with Gasteiger partial charge in [0.2, 0.25) is 11.4 Å². The van der Waals surface area contributed by atoms with Gasteiger partial charge in [-0.1, -0.05) is 103 Å². The van der Waals surface area contributed by atoms with Crippen LogP contribution in [-0.4, -0.2) is 4.70 Å². The molecule has 1 aliphatic rings. The maximum atomic E-state index is 11.4. The first kappa shape index (κ1) is 33.2. The van der Waals surface area contributed by atoms with Crippen LogP contribution in [-0.2, 0) is 27.3 Å². The van der Waals surface area contributed by atoms with E-state index in [9.17, 15) is 5.53 Å². The van der Waals surface area contributed by atoms with E-state index in [0.717, 1.165) is 41.8 Å². The molecule has 0 fully saturated rings. The van der Waals surface area contributed by atoms with Crippen LogP contribution in [0.1, 0.15) is 126 Å². The Morgan fingerprint density at radius 3 is 1.56 bits per heavy atom. The van der Waals surface area contributed by atoms with Crippen molar-refractivity contribution in [1.29, 1.82) is 0 Å². The summed E-state index contributed by atoms with van der Waals surface area (Å²) >= 11 is 1.62. The van der Waals surface area contributed by atoms with Crippen molar-refractivity contribution in [2.45, 2.75) is 129 Å². The molecule has 2 nitrogen and oxygen atoms in total. The monoisotopic (exact) mass is 572 g/mol. The van der Waals surface area contributed by atoms with Crippen LogP contribution in [0.4, 0.5) is 0 Å². The summed E-state index contributed by atoms with van der Waals surface area (Å²) < 4.78 is 1.45. The number of unbranched alkanes of at least 4 members (excludes halogenated alkanes) is 9. The summed E-state index contributed by atoms with van der Waals surface area (Å²) in [5.74, 6) is 4.12. The Bertz CT molecular complexity index is 1020. The van der Waals surface area contributed by atoms with Crippen molar-refractivity contribution in [2.75, 3.05) is 0 Å². The van der Waals surface area contributed by atoms with E-state index in [2.05, 4.69) is 87.2 Å². The van der Waals surface area contributed by atoms with Gasteiger partial charge in [0.25, 0.3) is 0 Å². The Labute approximate surface area is 246 Å². The molecule has 0 saturated heterocycles. The van der Waals surface area contributed by atoms with Crippen LogP contribution in [0.25, 0.3) is 16.9 Å². The first-order chi connectivity index (χ1) is 19.1. The van der Waals surface area contributed by atoms with E-state index in [1.807, 2.05) is 0 Å². The van der Waals surface area contributed by atoms with E-state index in [4.69, 9.17) is 0 Å². The molecule has 2 aromatic carbocycles. The summed E-state index contributed by atoms with van der Waals surface area (Å²) in [6, 6.07) is 17.7. The molecule has 0 N–H and O–H groups in total. The first-order valence-corrected chi connectivity index (χ1v) is 17.4. The van der Waals surface area contributed by atoms with Gasteiger partial charge in [-0.05, 0) is 73.9 Å². The molecule has 0 saturated carbocycles. The van der Waals surface area contributed by atoms with Crippen LogP contribution in [0.5, 0.6) is 0 Å². The zero-order chi connectivity index (χ0) is 28.3. The second kappa shape index (κ2) is 20.0. The summed E-state index contributed by atoms with van der Waals surface area (Å²) in [5, 5.41) is 0. The number of hydrogen-bond donors (Lipinski definition) is 0. The average Bonchev–Trinajstić information content (AvgIpc) is 3.28. The third-order valence-corrected chi connectivity index (χ3v) is 7.47. The van der Waals surface area contributed by atoms with Crippen LogP contribution in [0.15, 0.2) is 60.2 Å². The standard InChI is InChI=1S/C34H48N2.2CH3.Ni/c1-4-7-10-12-13-15-18-32-27-33(30-23-19-29(20-24-30)17-14-11-8-5-2)36(35)34(32)31-25-21-28(22-26-31)16-9-6-3;;;/h19-27H,4-18H2,1-3H3;2*1H3;. The van der Waals surface area contributed by atoms with Gasteiger partial charge >= 0.3 is 26.2 Å². The molecule has 0 spiro atoms. The molecule has 0 atom stereocenters. The summed E-state index contributed by atoms with van der Waals surface area (Å²) in [5.41, 5.74) is 19.5. The van der Waals surface area contributed by atoms with Crippen molar-refractivity contribution in [3.05, 3.63) is 88.0 Å². The Hall–Kier alpha value is -1.99. The van der Waals surface area contributed by atoms with Crippen molar-refractivity contribution >= 4 is 11.4 Å². The molecule has 3 rings (SSSR count). The van der Waals surface area contributed by atoms with Crippen molar-refractivity contribution in [2.24, 2.45) is 0 Å². The van der Waals surface area contributed by atoms with Gasteiger partial charge in [-0.15, -0.1) is 0 Å². The molecule has 0 unspecified atom stereocenters. The maximum absolute atomic E-state index is 11.4. The second-order valence-corrected chi connectivity index (χ2v) is 11.8. The summed E-state index contributed by atoms with van der Waals surface area (Å²) in [7, 11) is 0. The topological polar surface area (TPSA) is 25.3 Å². The number of hydrogen-bond acceptors (Lipinski definition) is 0. The summed E-state index contributed by atoms with van der Waals surface area (Å²) in [6.07, 6.45) is 20.8. The Balaban J connectivity index is 0.00000170. The van der Waals surface area contributed by atoms with E-state index < -0.39 is 0 Å². The minimum absolute atomic E-state index is 0.901. The normalized spacial score (nSPS) is 13.1. The molecule has 0 amide bonds. The fourth-order valence-corrected chi connectivity index (χ4v) is 5.16. The number of rotatable bonds is 17. The predicted octanol–water partition coefficient (Wildman–Crippen LogP) is 11.9. The molecule has 0 aromatic heterocycles. The molecule has 2 aromatic rings. The number of benzene rings is 2. The van der Waals surface area contributed by atoms with E-state index in [1.165, 1.54) is 98.4 Å². The van der Waals surface area contributed by atoms with Crippen molar-refractivity contribution < 1.29 is 19.1 Å². The summed E-state index contributed by atoms with van der Waals surface area (Å²) in [4.78, 5) is 0. The van der Waals surface area contributed by atoms with E-state index >= 15 is 0 Å². The van der Waals surface area contributed by atoms with E-state index in [-0.39, 0.29) is 0 Å². The van der Waals surface area contributed by atoms with Gasteiger partial charge in [-0.3, -0.25) is 0 Å². The SMILES string of the molecule is CCCCCCCCC1=C(c2ccc(CCCC)cc2)[N+](=[N-])C(c2ccc(CCCCCC)cc2)=C1.[CH3][Ni][CH3]. The fourth-order valence-electron chi connectivity index (χ4n) is 5.16. The molecule has 0 bridgehead atoms. The summed E-state index contributed by atoms with van der Waals surface area (Å²) in [6.45, 7) is 6.76. The van der Waals surface area contributed by atoms with Crippen molar-refractivity contribution in [3.63, 3.8) is 0 Å². The molecular weight excluding hydrogens is 519 g/mol. The zero-order valence-corrected chi connectivity index (χ0v) is 26.5. The minimum atomic E-state index is 0.901. The van der Waals surface area contributed by atoms with Crippen molar-refractivity contribution in [3.8, 4) is 0 Å². The third-order valence-electron chi connectivity index (χ3n) is 7.47. The van der Waals surface area contributed by atoms with Gasteiger partial charge in [-0.25, -0.2) is 4.70 Å². The number of allylic oxidation sites excluding steroid dienone is 2.